The molecule has 1 aromatic carbocycles. The van der Waals surface area contributed by atoms with Gasteiger partial charge in [0, 0.05) is 0 Å². The average Bonchev–Trinajstić information content (AvgIpc) is 2.61. The Morgan fingerprint density at radius 1 is 1.53 bits per heavy atom. The maximum atomic E-state index is 13.1. The highest BCUT2D eigenvalue weighted by Crippen LogP contribution is 2.45. The van der Waals surface area contributed by atoms with Gasteiger partial charge in [0.1, 0.15) is 5.82 Å². The van der Waals surface area contributed by atoms with E-state index < -0.39 is 5.60 Å². The first-order chi connectivity index (χ1) is 7.16. The molecule has 0 aromatic heterocycles. The fraction of sp³-hybridized carbons (Fsp3) is 0.538. The van der Waals surface area contributed by atoms with Crippen molar-refractivity contribution in [3.8, 4) is 0 Å². The van der Waals surface area contributed by atoms with Gasteiger partial charge < -0.3 is 5.11 Å². The Bertz CT molecular complexity index is 350. The van der Waals surface area contributed by atoms with Crippen molar-refractivity contribution < 1.29 is 9.50 Å². The standard InChI is InChI=1S/C13H17FO/c1-2-10-6-4-8-13(10,15)11-5-3-7-12(14)9-11/h3,5,7,9-10,15H,2,4,6,8H2,1H3. The summed E-state index contributed by atoms with van der Waals surface area (Å²) in [6.07, 6.45) is 3.79. The van der Waals surface area contributed by atoms with E-state index in [0.29, 0.717) is 0 Å². The molecule has 1 nitrogen and oxygen atoms in total. The highest BCUT2D eigenvalue weighted by Gasteiger charge is 2.41. The summed E-state index contributed by atoms with van der Waals surface area (Å²) in [7, 11) is 0. The van der Waals surface area contributed by atoms with Gasteiger partial charge in [-0.05, 0) is 42.9 Å². The highest BCUT2D eigenvalue weighted by atomic mass is 19.1. The summed E-state index contributed by atoms with van der Waals surface area (Å²) in [5.74, 6) is 0.0157. The van der Waals surface area contributed by atoms with Gasteiger partial charge in [-0.15, -0.1) is 0 Å². The molecule has 0 amide bonds. The summed E-state index contributed by atoms with van der Waals surface area (Å²) in [6.45, 7) is 2.08. The summed E-state index contributed by atoms with van der Waals surface area (Å²) < 4.78 is 13.1. The number of hydrogen-bond acceptors (Lipinski definition) is 1. The second-order valence-corrected chi connectivity index (χ2v) is 4.43. The number of hydrogen-bond donors (Lipinski definition) is 1. The van der Waals surface area contributed by atoms with Gasteiger partial charge >= 0.3 is 0 Å². The molecule has 0 bridgehead atoms. The first-order valence-corrected chi connectivity index (χ1v) is 5.65. The molecule has 1 fully saturated rings. The second kappa shape index (κ2) is 3.93. The molecule has 1 aliphatic rings. The minimum Gasteiger partial charge on any atom is -0.385 e. The lowest BCUT2D eigenvalue weighted by molar-refractivity contribution is -0.00413. The highest BCUT2D eigenvalue weighted by molar-refractivity contribution is 5.25. The van der Waals surface area contributed by atoms with Crippen LogP contribution in [0.25, 0.3) is 0 Å². The van der Waals surface area contributed by atoms with Crippen molar-refractivity contribution in [1.29, 1.82) is 0 Å². The lowest BCUT2D eigenvalue weighted by Crippen LogP contribution is -2.29. The molecule has 2 heteroatoms. The molecule has 1 aliphatic carbocycles. The molecule has 0 spiro atoms. The molecule has 2 unspecified atom stereocenters. The van der Waals surface area contributed by atoms with Crippen LogP contribution >= 0.6 is 0 Å². The smallest absolute Gasteiger partial charge is 0.123 e. The van der Waals surface area contributed by atoms with Crippen molar-refractivity contribution >= 4 is 0 Å². The van der Waals surface area contributed by atoms with Crippen molar-refractivity contribution in [2.75, 3.05) is 0 Å². The van der Waals surface area contributed by atoms with E-state index in [4.69, 9.17) is 0 Å². The van der Waals surface area contributed by atoms with Crippen LogP contribution in [-0.4, -0.2) is 5.11 Å². The Hall–Kier alpha value is -0.890. The third kappa shape index (κ3) is 1.78. The molecule has 1 aromatic rings. The zero-order valence-electron chi connectivity index (χ0n) is 9.04. The monoisotopic (exact) mass is 208 g/mol. The van der Waals surface area contributed by atoms with Crippen molar-refractivity contribution in [3.05, 3.63) is 35.6 Å². The predicted molar refractivity (Wildman–Crippen MR) is 57.9 cm³/mol. The van der Waals surface area contributed by atoms with Crippen LogP contribution in [0, 0.1) is 11.7 Å². The topological polar surface area (TPSA) is 20.2 Å². The zero-order chi connectivity index (χ0) is 10.9. The third-order valence-electron chi connectivity index (χ3n) is 3.60. The Morgan fingerprint density at radius 2 is 2.33 bits per heavy atom. The summed E-state index contributed by atoms with van der Waals surface area (Å²) in [5.41, 5.74) is -0.0523. The number of rotatable bonds is 2. The van der Waals surface area contributed by atoms with Crippen molar-refractivity contribution in [2.24, 2.45) is 5.92 Å². The molecule has 1 N–H and O–H groups in total. The fourth-order valence-electron chi connectivity index (χ4n) is 2.74. The molecule has 0 saturated heterocycles. The molecule has 2 rings (SSSR count). The summed E-state index contributed by atoms with van der Waals surface area (Å²) >= 11 is 0. The minimum atomic E-state index is -0.795. The van der Waals surface area contributed by atoms with Crippen molar-refractivity contribution in [1.82, 2.24) is 0 Å². The first-order valence-electron chi connectivity index (χ1n) is 5.65. The number of halogens is 1. The van der Waals surface area contributed by atoms with E-state index in [0.717, 1.165) is 31.2 Å². The van der Waals surface area contributed by atoms with Crippen LogP contribution in [0.2, 0.25) is 0 Å². The van der Waals surface area contributed by atoms with Crippen LogP contribution in [0.1, 0.15) is 38.2 Å². The SMILES string of the molecule is CCC1CCCC1(O)c1cccc(F)c1. The third-order valence-corrected chi connectivity index (χ3v) is 3.60. The molecule has 0 heterocycles. The van der Waals surface area contributed by atoms with Gasteiger partial charge in [-0.1, -0.05) is 25.5 Å². The fourth-order valence-corrected chi connectivity index (χ4v) is 2.74. The maximum Gasteiger partial charge on any atom is 0.123 e. The Kier molecular flexibility index (Phi) is 2.79. The first kappa shape index (κ1) is 10.6. The lowest BCUT2D eigenvalue weighted by Gasteiger charge is -2.30. The Labute approximate surface area is 89.9 Å². The average molecular weight is 208 g/mol. The van der Waals surface area contributed by atoms with E-state index >= 15 is 0 Å². The van der Waals surface area contributed by atoms with Gasteiger partial charge in [-0.2, -0.15) is 0 Å². The maximum absolute atomic E-state index is 13.1. The van der Waals surface area contributed by atoms with E-state index in [1.807, 2.05) is 6.07 Å². The van der Waals surface area contributed by atoms with Crippen molar-refractivity contribution in [2.45, 2.75) is 38.2 Å². The van der Waals surface area contributed by atoms with Crippen LogP contribution in [0.3, 0.4) is 0 Å². The van der Waals surface area contributed by atoms with Crippen LogP contribution in [0.5, 0.6) is 0 Å². The van der Waals surface area contributed by atoms with Gasteiger partial charge in [0.05, 0.1) is 5.60 Å². The molecule has 15 heavy (non-hydrogen) atoms. The summed E-state index contributed by atoms with van der Waals surface area (Å²) in [5, 5.41) is 10.6. The summed E-state index contributed by atoms with van der Waals surface area (Å²) in [4.78, 5) is 0. The van der Waals surface area contributed by atoms with E-state index in [1.54, 1.807) is 6.07 Å². The Morgan fingerprint density at radius 3 is 3.00 bits per heavy atom. The summed E-state index contributed by atoms with van der Waals surface area (Å²) in [6, 6.07) is 6.39. The number of aliphatic hydroxyl groups is 1. The van der Waals surface area contributed by atoms with Crippen LogP contribution in [0.4, 0.5) is 4.39 Å². The van der Waals surface area contributed by atoms with Gasteiger partial charge in [-0.3, -0.25) is 0 Å². The largest absolute Gasteiger partial charge is 0.385 e. The molecular formula is C13H17FO. The van der Waals surface area contributed by atoms with Crippen LogP contribution in [-0.2, 0) is 5.60 Å². The molecule has 2 atom stereocenters. The Balaban J connectivity index is 2.36. The van der Waals surface area contributed by atoms with E-state index in [9.17, 15) is 9.50 Å². The van der Waals surface area contributed by atoms with Gasteiger partial charge in [0.15, 0.2) is 0 Å². The molecule has 82 valence electrons. The number of benzene rings is 1. The zero-order valence-corrected chi connectivity index (χ0v) is 9.04. The van der Waals surface area contributed by atoms with E-state index in [2.05, 4.69) is 6.92 Å². The minimum absolute atomic E-state index is 0.261. The van der Waals surface area contributed by atoms with Crippen molar-refractivity contribution in [3.63, 3.8) is 0 Å². The van der Waals surface area contributed by atoms with E-state index in [1.165, 1.54) is 12.1 Å². The molecule has 0 aliphatic heterocycles. The normalized spacial score (nSPS) is 30.7. The van der Waals surface area contributed by atoms with E-state index in [-0.39, 0.29) is 11.7 Å². The second-order valence-electron chi connectivity index (χ2n) is 4.43. The quantitative estimate of drug-likeness (QED) is 0.791. The van der Waals surface area contributed by atoms with Gasteiger partial charge in [0.2, 0.25) is 0 Å². The van der Waals surface area contributed by atoms with Gasteiger partial charge in [0.25, 0.3) is 0 Å². The predicted octanol–water partition coefficient (Wildman–Crippen LogP) is 3.22. The lowest BCUT2D eigenvalue weighted by atomic mass is 9.82. The van der Waals surface area contributed by atoms with Crippen LogP contribution in [0.15, 0.2) is 24.3 Å². The molecule has 1 saturated carbocycles. The van der Waals surface area contributed by atoms with Crippen LogP contribution < -0.4 is 0 Å². The van der Waals surface area contributed by atoms with Gasteiger partial charge in [-0.25, -0.2) is 4.39 Å². The molecular weight excluding hydrogens is 191 g/mol. The molecule has 0 radical (unpaired) electrons.